The molecule has 0 N–H and O–H groups in total. The minimum absolute atomic E-state index is 0.0969. The van der Waals surface area contributed by atoms with Gasteiger partial charge in [-0.05, 0) is 39.7 Å². The van der Waals surface area contributed by atoms with Crippen LogP contribution in [0, 0.1) is 0 Å². The number of aromatic nitrogens is 2. The minimum atomic E-state index is -4.87. The van der Waals surface area contributed by atoms with Crippen molar-refractivity contribution in [3.8, 4) is 0 Å². The minimum Gasteiger partial charge on any atom is -0.340 e. The van der Waals surface area contributed by atoms with Crippen molar-refractivity contribution in [2.75, 3.05) is 11.9 Å². The highest BCUT2D eigenvalue weighted by Gasteiger charge is 2.36. The fourth-order valence-corrected chi connectivity index (χ4v) is 2.16. The van der Waals surface area contributed by atoms with Gasteiger partial charge in [0.2, 0.25) is 5.95 Å². The van der Waals surface area contributed by atoms with Gasteiger partial charge in [-0.1, -0.05) is 0 Å². The Bertz CT molecular complexity index is 680. The largest absolute Gasteiger partial charge is 0.416 e. The molecule has 0 radical (unpaired) electrons. The molecule has 24 heavy (non-hydrogen) atoms. The van der Waals surface area contributed by atoms with E-state index in [2.05, 4.69) is 25.9 Å². The lowest BCUT2D eigenvalue weighted by Crippen LogP contribution is -2.20. The number of alkyl halides is 6. The quantitative estimate of drug-likeness (QED) is 0.669. The molecule has 0 aliphatic heterocycles. The van der Waals surface area contributed by atoms with Gasteiger partial charge < -0.3 is 4.90 Å². The molecule has 0 saturated carbocycles. The first-order valence-corrected chi connectivity index (χ1v) is 7.23. The highest BCUT2D eigenvalue weighted by molar-refractivity contribution is 9.10. The zero-order chi connectivity index (χ0) is 18.1. The Balaban J connectivity index is 2.36. The Labute approximate surface area is 141 Å². The van der Waals surface area contributed by atoms with Crippen molar-refractivity contribution in [2.45, 2.75) is 18.9 Å². The van der Waals surface area contributed by atoms with Crippen molar-refractivity contribution in [2.24, 2.45) is 0 Å². The fourth-order valence-electron chi connectivity index (χ4n) is 1.96. The first kappa shape index (κ1) is 18.5. The van der Waals surface area contributed by atoms with E-state index in [1.165, 1.54) is 24.3 Å². The van der Waals surface area contributed by atoms with Crippen LogP contribution in [0.1, 0.15) is 16.7 Å². The van der Waals surface area contributed by atoms with Crippen molar-refractivity contribution in [3.63, 3.8) is 0 Å². The fraction of sp³-hybridized carbons (Fsp3) is 0.286. The molecule has 1 aromatic heterocycles. The van der Waals surface area contributed by atoms with Crippen LogP contribution >= 0.6 is 15.9 Å². The molecule has 0 bridgehead atoms. The number of nitrogens with zero attached hydrogens (tertiary/aromatic N) is 3. The number of hydrogen-bond acceptors (Lipinski definition) is 3. The summed E-state index contributed by atoms with van der Waals surface area (Å²) in [6, 6.07) is 1.47. The van der Waals surface area contributed by atoms with Gasteiger partial charge in [-0.2, -0.15) is 26.3 Å². The Hall–Kier alpha value is -1.84. The molecule has 0 atom stereocenters. The normalized spacial score (nSPS) is 12.3. The summed E-state index contributed by atoms with van der Waals surface area (Å²) in [4.78, 5) is 9.23. The van der Waals surface area contributed by atoms with Crippen LogP contribution in [0.2, 0.25) is 0 Å². The van der Waals surface area contributed by atoms with Gasteiger partial charge in [-0.15, -0.1) is 0 Å². The lowest BCUT2D eigenvalue weighted by atomic mass is 10.0. The van der Waals surface area contributed by atoms with E-state index in [0.717, 1.165) is 0 Å². The van der Waals surface area contributed by atoms with E-state index in [1.54, 1.807) is 0 Å². The summed E-state index contributed by atoms with van der Waals surface area (Å²) in [7, 11) is 1.47. The van der Waals surface area contributed by atoms with Gasteiger partial charge in [0.05, 0.1) is 15.6 Å². The van der Waals surface area contributed by atoms with Gasteiger partial charge in [-0.3, -0.25) is 0 Å². The van der Waals surface area contributed by atoms with E-state index < -0.39 is 23.5 Å². The van der Waals surface area contributed by atoms with E-state index >= 15 is 0 Å². The van der Waals surface area contributed by atoms with Crippen LogP contribution in [0.3, 0.4) is 0 Å². The molecule has 1 heterocycles. The summed E-state index contributed by atoms with van der Waals surface area (Å²) in [5, 5.41) is 0. The van der Waals surface area contributed by atoms with E-state index in [0.29, 0.717) is 16.6 Å². The molecule has 0 aliphatic carbocycles. The maximum Gasteiger partial charge on any atom is 0.416 e. The molecule has 130 valence electrons. The molecule has 2 rings (SSSR count). The van der Waals surface area contributed by atoms with Crippen LogP contribution < -0.4 is 4.90 Å². The second-order valence-electron chi connectivity index (χ2n) is 4.97. The SMILES string of the molecule is CN(Cc1cc(C(F)(F)F)cc(C(F)(F)F)c1)c1ncc(Br)cn1. The van der Waals surface area contributed by atoms with Crippen LogP contribution in [0.5, 0.6) is 0 Å². The first-order valence-electron chi connectivity index (χ1n) is 6.44. The average Bonchev–Trinajstić information content (AvgIpc) is 2.45. The highest BCUT2D eigenvalue weighted by atomic mass is 79.9. The summed E-state index contributed by atoms with van der Waals surface area (Å²) < 4.78 is 77.6. The van der Waals surface area contributed by atoms with E-state index in [9.17, 15) is 26.3 Å². The standard InChI is InChI=1S/C14H10BrF6N3/c1-24(12-22-5-11(15)6-23-12)7-8-2-9(13(16,17)18)4-10(3-8)14(19,20)21/h2-6H,7H2,1H3. The predicted octanol–water partition coefficient (Wildman–Crippen LogP) is 4.91. The van der Waals surface area contributed by atoms with E-state index in [1.807, 2.05) is 0 Å². The Kier molecular flexibility index (Phi) is 5.07. The van der Waals surface area contributed by atoms with Gasteiger partial charge >= 0.3 is 12.4 Å². The molecule has 1 aromatic carbocycles. The molecule has 0 amide bonds. The molecule has 10 heteroatoms. The molecule has 3 nitrogen and oxygen atoms in total. The number of hydrogen-bond donors (Lipinski definition) is 0. The van der Waals surface area contributed by atoms with Crippen molar-refractivity contribution < 1.29 is 26.3 Å². The zero-order valence-electron chi connectivity index (χ0n) is 12.1. The molecule has 0 spiro atoms. The third-order valence-corrected chi connectivity index (χ3v) is 3.42. The van der Waals surface area contributed by atoms with Gasteiger partial charge in [0.15, 0.2) is 0 Å². The van der Waals surface area contributed by atoms with Gasteiger partial charge in [0, 0.05) is 26.0 Å². The Morgan fingerprint density at radius 1 is 0.917 bits per heavy atom. The summed E-state index contributed by atoms with van der Waals surface area (Å²) in [5.74, 6) is 0.171. The van der Waals surface area contributed by atoms with E-state index in [-0.39, 0.29) is 24.1 Å². The summed E-state index contributed by atoms with van der Waals surface area (Å²) in [6.07, 6.45) is -6.90. The average molecular weight is 414 g/mol. The Morgan fingerprint density at radius 3 is 1.79 bits per heavy atom. The van der Waals surface area contributed by atoms with Gasteiger partial charge in [0.1, 0.15) is 0 Å². The van der Waals surface area contributed by atoms with Crippen LogP contribution in [-0.2, 0) is 18.9 Å². The van der Waals surface area contributed by atoms with Crippen LogP contribution in [0.4, 0.5) is 32.3 Å². The second-order valence-corrected chi connectivity index (χ2v) is 5.89. The lowest BCUT2D eigenvalue weighted by Gasteiger charge is -2.19. The molecule has 0 unspecified atom stereocenters. The maximum absolute atomic E-state index is 12.8. The predicted molar refractivity (Wildman–Crippen MR) is 78.3 cm³/mol. The molecule has 2 aromatic rings. The van der Waals surface area contributed by atoms with Gasteiger partial charge in [-0.25, -0.2) is 9.97 Å². The van der Waals surface area contributed by atoms with Crippen LogP contribution in [-0.4, -0.2) is 17.0 Å². The topological polar surface area (TPSA) is 29.0 Å². The number of halogens is 7. The Morgan fingerprint density at radius 2 is 1.38 bits per heavy atom. The molecular weight excluding hydrogens is 404 g/mol. The smallest absolute Gasteiger partial charge is 0.340 e. The monoisotopic (exact) mass is 413 g/mol. The molecule has 0 saturated heterocycles. The lowest BCUT2D eigenvalue weighted by molar-refractivity contribution is -0.143. The van der Waals surface area contributed by atoms with Crippen LogP contribution in [0.25, 0.3) is 0 Å². The van der Waals surface area contributed by atoms with Crippen molar-refractivity contribution >= 4 is 21.9 Å². The van der Waals surface area contributed by atoms with Crippen molar-refractivity contribution in [1.29, 1.82) is 0 Å². The highest BCUT2D eigenvalue weighted by Crippen LogP contribution is 2.36. The zero-order valence-corrected chi connectivity index (χ0v) is 13.7. The van der Waals surface area contributed by atoms with Gasteiger partial charge in [0.25, 0.3) is 0 Å². The van der Waals surface area contributed by atoms with Crippen molar-refractivity contribution in [3.05, 3.63) is 51.8 Å². The number of benzene rings is 1. The van der Waals surface area contributed by atoms with Crippen LogP contribution in [0.15, 0.2) is 35.1 Å². The maximum atomic E-state index is 12.8. The number of rotatable bonds is 3. The summed E-state index contributed by atoms with van der Waals surface area (Å²) >= 11 is 3.13. The summed E-state index contributed by atoms with van der Waals surface area (Å²) in [6.45, 7) is -0.214. The second kappa shape index (κ2) is 6.58. The third kappa shape index (κ3) is 4.59. The first-order chi connectivity index (χ1) is 11.0. The van der Waals surface area contributed by atoms with E-state index in [4.69, 9.17) is 0 Å². The van der Waals surface area contributed by atoms with Crippen molar-refractivity contribution in [1.82, 2.24) is 9.97 Å². The summed E-state index contributed by atoms with van der Waals surface area (Å²) in [5.41, 5.74) is -2.85. The number of anilines is 1. The molecular formula is C14H10BrF6N3. The molecule has 0 aliphatic rings. The molecule has 0 fully saturated rings. The third-order valence-electron chi connectivity index (χ3n) is 3.02.